The van der Waals surface area contributed by atoms with Crippen LogP contribution in [-0.2, 0) is 11.3 Å². The van der Waals surface area contributed by atoms with Crippen LogP contribution in [-0.4, -0.2) is 32.6 Å². The van der Waals surface area contributed by atoms with Crippen molar-refractivity contribution < 1.29 is 9.32 Å². The Hall–Kier alpha value is -2.11. The van der Waals surface area contributed by atoms with E-state index in [1.54, 1.807) is 24.2 Å². The van der Waals surface area contributed by atoms with Crippen LogP contribution in [0.5, 0.6) is 0 Å². The Balaban J connectivity index is 2.05. The zero-order valence-corrected chi connectivity index (χ0v) is 10.7. The molecule has 6 heteroatoms. The minimum Gasteiger partial charge on any atom is -0.364 e. The summed E-state index contributed by atoms with van der Waals surface area (Å²) in [7, 11) is 1.75. The number of hydrogen-bond donors (Lipinski definition) is 0. The van der Waals surface area contributed by atoms with Gasteiger partial charge in [-0.15, -0.1) is 0 Å². The van der Waals surface area contributed by atoms with Gasteiger partial charge in [-0.1, -0.05) is 5.16 Å². The molecule has 2 aromatic rings. The Bertz CT molecular complexity index is 518. The Kier molecular flexibility index (Phi) is 3.45. The van der Waals surface area contributed by atoms with Crippen LogP contribution in [0.1, 0.15) is 24.5 Å². The third kappa shape index (κ3) is 2.42. The summed E-state index contributed by atoms with van der Waals surface area (Å²) in [6.45, 7) is 4.17. The van der Waals surface area contributed by atoms with Gasteiger partial charge in [0, 0.05) is 25.5 Å². The summed E-state index contributed by atoms with van der Waals surface area (Å²) in [6.07, 6.45) is 5.00. The van der Waals surface area contributed by atoms with Crippen molar-refractivity contribution in [2.45, 2.75) is 26.4 Å². The molecule has 0 aliphatic rings. The fraction of sp³-hybridized carbons (Fsp3) is 0.417. The first kappa shape index (κ1) is 12.3. The largest absolute Gasteiger partial charge is 0.364 e. The fourth-order valence-corrected chi connectivity index (χ4v) is 1.87. The highest BCUT2D eigenvalue weighted by atomic mass is 16.5. The first-order valence-electron chi connectivity index (χ1n) is 5.73. The molecular weight excluding hydrogens is 232 g/mol. The van der Waals surface area contributed by atoms with E-state index >= 15 is 0 Å². The van der Waals surface area contributed by atoms with Crippen molar-refractivity contribution in [1.29, 1.82) is 0 Å². The SMILES string of the molecule is Cc1nccn1C(C)C(=O)N(C)Cc1ccon1. The predicted molar refractivity (Wildman–Crippen MR) is 64.7 cm³/mol. The van der Waals surface area contributed by atoms with Crippen molar-refractivity contribution in [1.82, 2.24) is 19.6 Å². The second-order valence-electron chi connectivity index (χ2n) is 4.24. The van der Waals surface area contributed by atoms with Crippen LogP contribution < -0.4 is 0 Å². The molecule has 0 radical (unpaired) electrons. The van der Waals surface area contributed by atoms with E-state index in [0.29, 0.717) is 6.54 Å². The Morgan fingerprint density at radius 1 is 1.61 bits per heavy atom. The van der Waals surface area contributed by atoms with Gasteiger partial charge in [0.05, 0.1) is 6.54 Å². The van der Waals surface area contributed by atoms with Crippen LogP contribution >= 0.6 is 0 Å². The maximum absolute atomic E-state index is 12.2. The van der Waals surface area contributed by atoms with Gasteiger partial charge < -0.3 is 14.0 Å². The summed E-state index contributed by atoms with van der Waals surface area (Å²) in [5, 5.41) is 3.79. The van der Waals surface area contributed by atoms with Crippen molar-refractivity contribution in [2.24, 2.45) is 0 Å². The summed E-state index contributed by atoms with van der Waals surface area (Å²) in [4.78, 5) is 18.0. The van der Waals surface area contributed by atoms with E-state index in [9.17, 15) is 4.79 Å². The van der Waals surface area contributed by atoms with Gasteiger partial charge in [-0.3, -0.25) is 4.79 Å². The molecular formula is C12H16N4O2. The minimum atomic E-state index is -0.274. The van der Waals surface area contributed by atoms with Gasteiger partial charge in [0.25, 0.3) is 0 Å². The molecule has 0 fully saturated rings. The zero-order valence-electron chi connectivity index (χ0n) is 10.7. The van der Waals surface area contributed by atoms with Crippen LogP contribution in [0, 0.1) is 6.92 Å². The van der Waals surface area contributed by atoms with E-state index in [-0.39, 0.29) is 11.9 Å². The predicted octanol–water partition coefficient (Wildman–Crippen LogP) is 1.40. The number of amides is 1. The third-order valence-electron chi connectivity index (χ3n) is 2.90. The van der Waals surface area contributed by atoms with Crippen molar-refractivity contribution in [3.63, 3.8) is 0 Å². The molecule has 0 spiro atoms. The van der Waals surface area contributed by atoms with E-state index in [4.69, 9.17) is 4.52 Å². The van der Waals surface area contributed by atoms with Gasteiger partial charge in [0.2, 0.25) is 5.91 Å². The van der Waals surface area contributed by atoms with E-state index in [2.05, 4.69) is 10.1 Å². The second-order valence-corrected chi connectivity index (χ2v) is 4.24. The van der Waals surface area contributed by atoms with E-state index in [0.717, 1.165) is 11.5 Å². The standard InChI is InChI=1S/C12H16N4O2/c1-9(16-6-5-13-10(16)2)12(17)15(3)8-11-4-7-18-14-11/h4-7,9H,8H2,1-3H3. The Morgan fingerprint density at radius 3 is 2.94 bits per heavy atom. The number of carbonyl (C=O) groups is 1. The van der Waals surface area contributed by atoms with Gasteiger partial charge >= 0.3 is 0 Å². The molecule has 0 bridgehead atoms. The molecule has 0 N–H and O–H groups in total. The Labute approximate surface area is 105 Å². The van der Waals surface area contributed by atoms with E-state index < -0.39 is 0 Å². The van der Waals surface area contributed by atoms with Crippen molar-refractivity contribution in [3.8, 4) is 0 Å². The number of rotatable bonds is 4. The number of nitrogens with zero attached hydrogens (tertiary/aromatic N) is 4. The van der Waals surface area contributed by atoms with Crippen LogP contribution in [0.25, 0.3) is 0 Å². The fourth-order valence-electron chi connectivity index (χ4n) is 1.87. The molecule has 0 aliphatic heterocycles. The molecule has 0 aliphatic carbocycles. The van der Waals surface area contributed by atoms with Crippen molar-refractivity contribution in [3.05, 3.63) is 36.2 Å². The van der Waals surface area contributed by atoms with Crippen LogP contribution in [0.15, 0.2) is 29.2 Å². The maximum atomic E-state index is 12.2. The molecule has 2 rings (SSSR count). The van der Waals surface area contributed by atoms with Gasteiger partial charge in [-0.05, 0) is 13.8 Å². The van der Waals surface area contributed by atoms with Crippen molar-refractivity contribution in [2.75, 3.05) is 7.05 Å². The number of aromatic nitrogens is 3. The molecule has 18 heavy (non-hydrogen) atoms. The number of likely N-dealkylation sites (N-methyl/N-ethyl adjacent to an activating group) is 1. The molecule has 1 atom stereocenters. The lowest BCUT2D eigenvalue weighted by atomic mass is 10.2. The van der Waals surface area contributed by atoms with Crippen LogP contribution in [0.2, 0.25) is 0 Å². The van der Waals surface area contributed by atoms with Gasteiger partial charge in [-0.25, -0.2) is 4.98 Å². The van der Waals surface area contributed by atoms with E-state index in [1.807, 2.05) is 24.6 Å². The molecule has 2 heterocycles. The van der Waals surface area contributed by atoms with E-state index in [1.165, 1.54) is 6.26 Å². The highest BCUT2D eigenvalue weighted by Crippen LogP contribution is 2.13. The average molecular weight is 248 g/mol. The minimum absolute atomic E-state index is 0.0131. The lowest BCUT2D eigenvalue weighted by Gasteiger charge is -2.22. The number of aryl methyl sites for hydroxylation is 1. The molecule has 0 aromatic carbocycles. The summed E-state index contributed by atoms with van der Waals surface area (Å²) < 4.78 is 6.59. The highest BCUT2D eigenvalue weighted by Gasteiger charge is 2.20. The zero-order chi connectivity index (χ0) is 13.1. The molecule has 6 nitrogen and oxygen atoms in total. The smallest absolute Gasteiger partial charge is 0.245 e. The summed E-state index contributed by atoms with van der Waals surface area (Å²) >= 11 is 0. The van der Waals surface area contributed by atoms with Gasteiger partial charge in [0.1, 0.15) is 23.8 Å². The second kappa shape index (κ2) is 5.03. The topological polar surface area (TPSA) is 64.2 Å². The number of imidazole rings is 1. The molecule has 1 amide bonds. The first-order chi connectivity index (χ1) is 8.59. The molecule has 96 valence electrons. The summed E-state index contributed by atoms with van der Waals surface area (Å²) in [5.41, 5.74) is 0.736. The quantitative estimate of drug-likeness (QED) is 0.820. The molecule has 0 saturated heterocycles. The lowest BCUT2D eigenvalue weighted by molar-refractivity contribution is -0.133. The third-order valence-corrected chi connectivity index (χ3v) is 2.90. The maximum Gasteiger partial charge on any atom is 0.245 e. The summed E-state index contributed by atoms with van der Waals surface area (Å²) in [5.74, 6) is 0.838. The van der Waals surface area contributed by atoms with Gasteiger partial charge in [0.15, 0.2) is 0 Å². The van der Waals surface area contributed by atoms with Crippen molar-refractivity contribution >= 4 is 5.91 Å². The lowest BCUT2D eigenvalue weighted by Crippen LogP contribution is -2.33. The van der Waals surface area contributed by atoms with Crippen LogP contribution in [0.3, 0.4) is 0 Å². The Morgan fingerprint density at radius 2 is 2.39 bits per heavy atom. The number of carbonyl (C=O) groups excluding carboxylic acids is 1. The molecule has 0 saturated carbocycles. The number of hydrogen-bond acceptors (Lipinski definition) is 4. The van der Waals surface area contributed by atoms with Crippen LogP contribution in [0.4, 0.5) is 0 Å². The molecule has 2 aromatic heterocycles. The van der Waals surface area contributed by atoms with Gasteiger partial charge in [-0.2, -0.15) is 0 Å². The highest BCUT2D eigenvalue weighted by molar-refractivity contribution is 5.79. The summed E-state index contributed by atoms with van der Waals surface area (Å²) in [6, 6.07) is 1.47. The average Bonchev–Trinajstić information content (AvgIpc) is 2.98. The first-order valence-corrected chi connectivity index (χ1v) is 5.73. The normalized spacial score (nSPS) is 12.4. The monoisotopic (exact) mass is 248 g/mol. The molecule has 1 unspecified atom stereocenters.